The van der Waals surface area contributed by atoms with E-state index in [-0.39, 0.29) is 18.6 Å². The van der Waals surface area contributed by atoms with Gasteiger partial charge in [0.1, 0.15) is 5.75 Å². The third kappa shape index (κ3) is 7.00. The number of esters is 1. The van der Waals surface area contributed by atoms with Crippen molar-refractivity contribution in [3.8, 4) is 5.75 Å². The number of nitrogens with zero attached hydrogens (tertiary/aromatic N) is 1. The van der Waals surface area contributed by atoms with Gasteiger partial charge in [-0.2, -0.15) is 0 Å². The van der Waals surface area contributed by atoms with E-state index in [4.69, 9.17) is 14.2 Å². The monoisotopic (exact) mass is 426 g/mol. The number of hydrogen-bond donors (Lipinski definition) is 1. The minimum atomic E-state index is -0.599. The summed E-state index contributed by atoms with van der Waals surface area (Å²) in [6.45, 7) is 8.91. The normalized spacial score (nSPS) is 14.1. The molecule has 1 aliphatic rings. The van der Waals surface area contributed by atoms with Gasteiger partial charge in [-0.05, 0) is 47.4 Å². The van der Waals surface area contributed by atoms with Crippen LogP contribution in [0.1, 0.15) is 26.3 Å². The lowest BCUT2D eigenvalue weighted by atomic mass is 9.87. The molecule has 7 heteroatoms. The van der Waals surface area contributed by atoms with Crippen molar-refractivity contribution in [1.82, 2.24) is 0 Å². The fourth-order valence-corrected chi connectivity index (χ4v) is 3.16. The number of rotatable bonds is 7. The molecule has 0 saturated carbocycles. The van der Waals surface area contributed by atoms with Crippen LogP contribution in [0.5, 0.6) is 5.75 Å². The fourth-order valence-electron chi connectivity index (χ4n) is 3.16. The van der Waals surface area contributed by atoms with E-state index >= 15 is 0 Å². The van der Waals surface area contributed by atoms with Crippen molar-refractivity contribution in [1.29, 1.82) is 0 Å². The van der Waals surface area contributed by atoms with Crippen LogP contribution in [0.15, 0.2) is 48.5 Å². The minimum absolute atomic E-state index is 0.0493. The molecule has 7 nitrogen and oxygen atoms in total. The molecule has 1 fully saturated rings. The predicted molar refractivity (Wildman–Crippen MR) is 120 cm³/mol. The summed E-state index contributed by atoms with van der Waals surface area (Å²) < 4.78 is 15.8. The van der Waals surface area contributed by atoms with Gasteiger partial charge in [-0.15, -0.1) is 0 Å². The highest BCUT2D eigenvalue weighted by Gasteiger charge is 2.14. The van der Waals surface area contributed by atoms with E-state index in [1.807, 2.05) is 48.5 Å². The number of carbonyl (C=O) groups excluding carboxylic acids is 2. The van der Waals surface area contributed by atoms with E-state index in [1.54, 1.807) is 0 Å². The second kappa shape index (κ2) is 10.3. The molecule has 0 radical (unpaired) electrons. The Morgan fingerprint density at radius 3 is 2.23 bits per heavy atom. The average Bonchev–Trinajstić information content (AvgIpc) is 2.77. The molecular formula is C24H30N2O5. The zero-order valence-corrected chi connectivity index (χ0v) is 18.3. The van der Waals surface area contributed by atoms with Gasteiger partial charge in [0.15, 0.2) is 13.2 Å². The third-order valence-corrected chi connectivity index (χ3v) is 4.97. The van der Waals surface area contributed by atoms with Gasteiger partial charge >= 0.3 is 5.97 Å². The first kappa shape index (κ1) is 22.6. The van der Waals surface area contributed by atoms with Gasteiger partial charge in [-0.25, -0.2) is 4.79 Å². The van der Waals surface area contributed by atoms with Crippen LogP contribution >= 0.6 is 0 Å². The Balaban J connectivity index is 1.38. The van der Waals surface area contributed by atoms with Crippen molar-refractivity contribution in [2.45, 2.75) is 26.2 Å². The molecule has 0 unspecified atom stereocenters. The van der Waals surface area contributed by atoms with Gasteiger partial charge in [-0.3, -0.25) is 4.79 Å². The van der Waals surface area contributed by atoms with Crippen molar-refractivity contribution < 1.29 is 23.8 Å². The van der Waals surface area contributed by atoms with E-state index in [0.29, 0.717) is 11.4 Å². The summed E-state index contributed by atoms with van der Waals surface area (Å²) in [6.07, 6.45) is 0. The summed E-state index contributed by atoms with van der Waals surface area (Å²) in [7, 11) is 0. The zero-order chi connectivity index (χ0) is 22.3. The highest BCUT2D eigenvalue weighted by molar-refractivity contribution is 5.93. The summed E-state index contributed by atoms with van der Waals surface area (Å²) in [5.41, 5.74) is 2.96. The lowest BCUT2D eigenvalue weighted by Gasteiger charge is -2.28. The zero-order valence-electron chi connectivity index (χ0n) is 18.3. The number of amides is 1. The van der Waals surface area contributed by atoms with E-state index in [1.165, 1.54) is 5.56 Å². The number of carbonyl (C=O) groups is 2. The largest absolute Gasteiger partial charge is 0.482 e. The van der Waals surface area contributed by atoms with Crippen molar-refractivity contribution in [2.75, 3.05) is 49.7 Å². The lowest BCUT2D eigenvalue weighted by Crippen LogP contribution is -2.36. The van der Waals surface area contributed by atoms with E-state index in [9.17, 15) is 9.59 Å². The Kier molecular flexibility index (Phi) is 7.52. The van der Waals surface area contributed by atoms with Crippen molar-refractivity contribution in [3.63, 3.8) is 0 Å². The molecule has 0 aliphatic carbocycles. The van der Waals surface area contributed by atoms with Crippen LogP contribution in [-0.2, 0) is 24.5 Å². The Bertz CT molecular complexity index is 866. The van der Waals surface area contributed by atoms with Crippen molar-refractivity contribution >= 4 is 23.3 Å². The van der Waals surface area contributed by atoms with Gasteiger partial charge in [0.25, 0.3) is 5.91 Å². The summed E-state index contributed by atoms with van der Waals surface area (Å²) >= 11 is 0. The second-order valence-corrected chi connectivity index (χ2v) is 8.42. The first-order valence-corrected chi connectivity index (χ1v) is 10.4. The van der Waals surface area contributed by atoms with Crippen molar-refractivity contribution in [3.05, 3.63) is 54.1 Å². The molecule has 0 spiro atoms. The first-order valence-electron chi connectivity index (χ1n) is 10.4. The molecular weight excluding hydrogens is 396 g/mol. The maximum Gasteiger partial charge on any atom is 0.344 e. The summed E-state index contributed by atoms with van der Waals surface area (Å²) in [4.78, 5) is 26.2. The molecule has 166 valence electrons. The molecule has 1 N–H and O–H groups in total. The molecule has 31 heavy (non-hydrogen) atoms. The van der Waals surface area contributed by atoms with Crippen LogP contribution in [0.2, 0.25) is 0 Å². The minimum Gasteiger partial charge on any atom is -0.482 e. The predicted octanol–water partition coefficient (Wildman–Crippen LogP) is 3.38. The van der Waals surface area contributed by atoms with Gasteiger partial charge in [-0.1, -0.05) is 32.9 Å². The van der Waals surface area contributed by atoms with Crippen LogP contribution in [0, 0.1) is 0 Å². The van der Waals surface area contributed by atoms with Crippen LogP contribution < -0.4 is 15.0 Å². The van der Waals surface area contributed by atoms with E-state index in [0.717, 1.165) is 32.0 Å². The topological polar surface area (TPSA) is 77.1 Å². The molecule has 2 aromatic rings. The maximum atomic E-state index is 12.1. The lowest BCUT2D eigenvalue weighted by molar-refractivity contribution is -0.149. The Morgan fingerprint density at radius 2 is 1.61 bits per heavy atom. The summed E-state index contributed by atoms with van der Waals surface area (Å²) in [6, 6.07) is 15.1. The average molecular weight is 427 g/mol. The van der Waals surface area contributed by atoms with Gasteiger partial charge in [0, 0.05) is 24.5 Å². The van der Waals surface area contributed by atoms with Gasteiger partial charge in [0.2, 0.25) is 0 Å². The van der Waals surface area contributed by atoms with E-state index < -0.39 is 11.9 Å². The Morgan fingerprint density at radius 1 is 0.968 bits per heavy atom. The smallest absolute Gasteiger partial charge is 0.344 e. The first-order chi connectivity index (χ1) is 14.8. The highest BCUT2D eigenvalue weighted by atomic mass is 16.6. The Labute approximate surface area is 183 Å². The molecule has 1 aliphatic heterocycles. The third-order valence-electron chi connectivity index (χ3n) is 4.97. The molecule has 0 atom stereocenters. The Hall–Kier alpha value is -3.06. The quantitative estimate of drug-likeness (QED) is 0.684. The standard InChI is InChI=1S/C24H30N2O5/c1-24(2,3)18-4-10-21(11-5-18)30-17-23(28)31-16-22(27)25-19-6-8-20(9-7-19)26-12-14-29-15-13-26/h4-11H,12-17H2,1-3H3,(H,25,27). The molecule has 1 amide bonds. The summed E-state index contributed by atoms with van der Waals surface area (Å²) in [5.74, 6) is -0.422. The fraction of sp³-hybridized carbons (Fsp3) is 0.417. The number of ether oxygens (including phenoxy) is 3. The maximum absolute atomic E-state index is 12.1. The second-order valence-electron chi connectivity index (χ2n) is 8.42. The van der Waals surface area contributed by atoms with Crippen LogP contribution in [0.4, 0.5) is 11.4 Å². The van der Waals surface area contributed by atoms with Crippen LogP contribution in [0.25, 0.3) is 0 Å². The molecule has 3 rings (SSSR count). The van der Waals surface area contributed by atoms with Gasteiger partial charge in [0.05, 0.1) is 13.2 Å². The highest BCUT2D eigenvalue weighted by Crippen LogP contribution is 2.24. The molecule has 0 aromatic heterocycles. The molecule has 0 bridgehead atoms. The summed E-state index contributed by atoms with van der Waals surface area (Å²) in [5, 5.41) is 2.72. The number of nitrogens with one attached hydrogen (secondary N) is 1. The number of morpholine rings is 1. The number of benzene rings is 2. The number of anilines is 2. The van der Waals surface area contributed by atoms with E-state index in [2.05, 4.69) is 31.0 Å². The van der Waals surface area contributed by atoms with Crippen LogP contribution in [-0.4, -0.2) is 51.4 Å². The number of hydrogen-bond acceptors (Lipinski definition) is 6. The molecule has 2 aromatic carbocycles. The molecule has 1 saturated heterocycles. The SMILES string of the molecule is CC(C)(C)c1ccc(OCC(=O)OCC(=O)Nc2ccc(N3CCOCC3)cc2)cc1. The van der Waals surface area contributed by atoms with Crippen molar-refractivity contribution in [2.24, 2.45) is 0 Å². The van der Waals surface area contributed by atoms with Crippen LogP contribution in [0.3, 0.4) is 0 Å². The van der Waals surface area contributed by atoms with Gasteiger partial charge < -0.3 is 24.4 Å². The molecule has 1 heterocycles.